The lowest BCUT2D eigenvalue weighted by molar-refractivity contribution is 0.223. The largest absolute Gasteiger partial charge is 0.389 e. The van der Waals surface area contributed by atoms with Gasteiger partial charge in [0.05, 0.1) is 6.10 Å². The minimum absolute atomic E-state index is 0.340. The van der Waals surface area contributed by atoms with Gasteiger partial charge in [0.2, 0.25) is 0 Å². The van der Waals surface area contributed by atoms with Crippen LogP contribution in [0.3, 0.4) is 0 Å². The van der Waals surface area contributed by atoms with Gasteiger partial charge in [0, 0.05) is 0 Å². The molecule has 0 radical (unpaired) electrons. The number of aliphatic hydroxyl groups is 1. The van der Waals surface area contributed by atoms with E-state index in [9.17, 15) is 0 Å². The summed E-state index contributed by atoms with van der Waals surface area (Å²) in [7, 11) is 0. The number of rotatable bonds is 3. The van der Waals surface area contributed by atoms with E-state index < -0.39 is 0 Å². The van der Waals surface area contributed by atoms with Gasteiger partial charge in [0.25, 0.3) is 0 Å². The second kappa shape index (κ2) is 4.33. The molecule has 1 atom stereocenters. The predicted octanol–water partition coefficient (Wildman–Crippen LogP) is 1.89. The highest BCUT2D eigenvalue weighted by Crippen LogP contribution is 2.01. The van der Waals surface area contributed by atoms with Crippen molar-refractivity contribution in [2.75, 3.05) is 0 Å². The molecule has 1 N–H and O–H groups in total. The molecule has 52 valence electrons. The van der Waals surface area contributed by atoms with E-state index in [1.54, 1.807) is 6.08 Å². The fraction of sp³-hybridized carbons (Fsp3) is 0.500. The van der Waals surface area contributed by atoms with Crippen LogP contribution in [0.5, 0.6) is 0 Å². The Hall–Kier alpha value is -0.560. The maximum Gasteiger partial charge on any atom is 0.0757 e. The number of hydrogen-bond acceptors (Lipinski definition) is 1. The van der Waals surface area contributed by atoms with E-state index in [0.29, 0.717) is 6.42 Å². The van der Waals surface area contributed by atoms with Crippen LogP contribution < -0.4 is 0 Å². The Morgan fingerprint density at radius 2 is 2.33 bits per heavy atom. The smallest absolute Gasteiger partial charge is 0.0757 e. The molecule has 1 nitrogen and oxygen atoms in total. The average Bonchev–Trinajstić information content (AvgIpc) is 1.63. The zero-order valence-corrected chi connectivity index (χ0v) is 6.09. The zero-order chi connectivity index (χ0) is 7.28. The van der Waals surface area contributed by atoms with Crippen LogP contribution in [-0.4, -0.2) is 11.2 Å². The quantitative estimate of drug-likeness (QED) is 0.572. The minimum Gasteiger partial charge on any atom is -0.389 e. The monoisotopic (exact) mass is 126 g/mol. The highest BCUT2D eigenvalue weighted by molar-refractivity contribution is 4.97. The summed E-state index contributed by atoms with van der Waals surface area (Å²) in [5, 5.41) is 9.07. The first-order valence-electron chi connectivity index (χ1n) is 3.12. The molecule has 0 aliphatic carbocycles. The summed E-state index contributed by atoms with van der Waals surface area (Å²) >= 11 is 0. The summed E-state index contributed by atoms with van der Waals surface area (Å²) in [6, 6.07) is 0. The van der Waals surface area contributed by atoms with Gasteiger partial charge in [-0.15, -0.1) is 6.58 Å². The van der Waals surface area contributed by atoms with E-state index in [1.807, 2.05) is 19.9 Å². The highest BCUT2D eigenvalue weighted by atomic mass is 16.3. The molecule has 0 aromatic carbocycles. The third-order valence-corrected chi connectivity index (χ3v) is 0.972. The van der Waals surface area contributed by atoms with Crippen LogP contribution >= 0.6 is 0 Å². The Balaban J connectivity index is 3.50. The van der Waals surface area contributed by atoms with Gasteiger partial charge in [-0.25, -0.2) is 0 Å². The van der Waals surface area contributed by atoms with E-state index in [-0.39, 0.29) is 6.10 Å². The number of hydrogen-bond donors (Lipinski definition) is 1. The van der Waals surface area contributed by atoms with Crippen LogP contribution in [0.25, 0.3) is 0 Å². The SMILES string of the molecule is C=C(C)C[C@H](O)/C=C/C. The topological polar surface area (TPSA) is 20.2 Å². The van der Waals surface area contributed by atoms with Gasteiger partial charge in [-0.3, -0.25) is 0 Å². The first-order valence-corrected chi connectivity index (χ1v) is 3.12. The lowest BCUT2D eigenvalue weighted by Crippen LogP contribution is -2.00. The summed E-state index contributed by atoms with van der Waals surface area (Å²) < 4.78 is 0. The van der Waals surface area contributed by atoms with Crippen LogP contribution in [0.4, 0.5) is 0 Å². The highest BCUT2D eigenvalue weighted by Gasteiger charge is 1.95. The number of aliphatic hydroxyl groups excluding tert-OH is 1. The molecule has 0 amide bonds. The van der Waals surface area contributed by atoms with Crippen molar-refractivity contribution in [1.82, 2.24) is 0 Å². The Kier molecular flexibility index (Phi) is 4.06. The lowest BCUT2D eigenvalue weighted by atomic mass is 10.1. The molecule has 0 rings (SSSR count). The Bertz CT molecular complexity index is 114. The molecule has 0 aromatic rings. The van der Waals surface area contributed by atoms with Gasteiger partial charge in [0.15, 0.2) is 0 Å². The fourth-order valence-corrected chi connectivity index (χ4v) is 0.647. The summed E-state index contributed by atoms with van der Waals surface area (Å²) in [5.41, 5.74) is 1.01. The first kappa shape index (κ1) is 8.44. The van der Waals surface area contributed by atoms with Crippen molar-refractivity contribution in [3.05, 3.63) is 24.3 Å². The maximum atomic E-state index is 9.07. The van der Waals surface area contributed by atoms with E-state index in [4.69, 9.17) is 5.11 Å². The number of allylic oxidation sites excluding steroid dienone is 1. The summed E-state index contributed by atoms with van der Waals surface area (Å²) in [6.07, 6.45) is 3.93. The average molecular weight is 126 g/mol. The van der Waals surface area contributed by atoms with Crippen LogP contribution in [-0.2, 0) is 0 Å². The maximum absolute atomic E-state index is 9.07. The molecule has 0 aromatic heterocycles. The molecule has 0 saturated carbocycles. The molecule has 0 unspecified atom stereocenters. The molecule has 9 heavy (non-hydrogen) atoms. The van der Waals surface area contributed by atoms with Crippen molar-refractivity contribution < 1.29 is 5.11 Å². The first-order chi connectivity index (χ1) is 4.16. The van der Waals surface area contributed by atoms with Gasteiger partial charge in [-0.05, 0) is 20.3 Å². The van der Waals surface area contributed by atoms with Crippen molar-refractivity contribution >= 4 is 0 Å². The van der Waals surface area contributed by atoms with Gasteiger partial charge in [-0.1, -0.05) is 17.7 Å². The second-order valence-electron chi connectivity index (χ2n) is 2.25. The Morgan fingerprint density at radius 3 is 2.67 bits per heavy atom. The molecule has 0 aliphatic rings. The molecule has 1 heteroatoms. The van der Waals surface area contributed by atoms with Crippen LogP contribution in [0.1, 0.15) is 20.3 Å². The van der Waals surface area contributed by atoms with Gasteiger partial charge in [0.1, 0.15) is 0 Å². The molecule has 0 fully saturated rings. The third-order valence-electron chi connectivity index (χ3n) is 0.972. The third kappa shape index (κ3) is 5.31. The molecule has 0 spiro atoms. The molecule has 0 heterocycles. The fourth-order valence-electron chi connectivity index (χ4n) is 0.647. The molecule has 0 bridgehead atoms. The van der Waals surface area contributed by atoms with Crippen molar-refractivity contribution in [3.63, 3.8) is 0 Å². The predicted molar refractivity (Wildman–Crippen MR) is 40.3 cm³/mol. The Morgan fingerprint density at radius 1 is 1.78 bits per heavy atom. The van der Waals surface area contributed by atoms with E-state index in [0.717, 1.165) is 5.57 Å². The van der Waals surface area contributed by atoms with Crippen LogP contribution in [0, 0.1) is 0 Å². The van der Waals surface area contributed by atoms with E-state index >= 15 is 0 Å². The summed E-state index contributed by atoms with van der Waals surface area (Å²) in [4.78, 5) is 0. The minimum atomic E-state index is -0.340. The van der Waals surface area contributed by atoms with Crippen molar-refractivity contribution in [1.29, 1.82) is 0 Å². The van der Waals surface area contributed by atoms with Crippen LogP contribution in [0.15, 0.2) is 24.3 Å². The van der Waals surface area contributed by atoms with Gasteiger partial charge >= 0.3 is 0 Å². The molecule has 0 saturated heterocycles. The summed E-state index contributed by atoms with van der Waals surface area (Å²) in [6.45, 7) is 7.48. The van der Waals surface area contributed by atoms with Gasteiger partial charge in [-0.2, -0.15) is 0 Å². The lowest BCUT2D eigenvalue weighted by Gasteiger charge is -2.02. The molecular weight excluding hydrogens is 112 g/mol. The Labute approximate surface area is 56.7 Å². The van der Waals surface area contributed by atoms with Crippen molar-refractivity contribution in [2.24, 2.45) is 0 Å². The van der Waals surface area contributed by atoms with E-state index in [1.165, 1.54) is 0 Å². The summed E-state index contributed by atoms with van der Waals surface area (Å²) in [5.74, 6) is 0. The molecule has 0 aliphatic heterocycles. The standard InChI is InChI=1S/C8H14O/c1-4-5-8(9)6-7(2)3/h4-5,8-9H,2,6H2,1,3H3/b5-4+/t8-/m1/s1. The normalized spacial score (nSPS) is 14.1. The van der Waals surface area contributed by atoms with E-state index in [2.05, 4.69) is 6.58 Å². The second-order valence-corrected chi connectivity index (χ2v) is 2.25. The molecular formula is C8H14O. The van der Waals surface area contributed by atoms with Crippen molar-refractivity contribution in [2.45, 2.75) is 26.4 Å². The van der Waals surface area contributed by atoms with Crippen molar-refractivity contribution in [3.8, 4) is 0 Å². The van der Waals surface area contributed by atoms with Gasteiger partial charge < -0.3 is 5.11 Å². The zero-order valence-electron chi connectivity index (χ0n) is 6.09. The van der Waals surface area contributed by atoms with Crippen LogP contribution in [0.2, 0.25) is 0 Å².